The fraction of sp³-hybridized carbons (Fsp3) is 0.300. The number of carbonyl (C=O) groups is 2. The zero-order valence-electron chi connectivity index (χ0n) is 15.1. The molecule has 0 aliphatic heterocycles. The largest absolute Gasteiger partial charge is 0.497 e. The summed E-state index contributed by atoms with van der Waals surface area (Å²) >= 11 is 0. The van der Waals surface area contributed by atoms with E-state index in [9.17, 15) is 9.59 Å². The van der Waals surface area contributed by atoms with E-state index in [0.29, 0.717) is 35.7 Å². The maximum absolute atomic E-state index is 12.1. The lowest BCUT2D eigenvalue weighted by Gasteiger charge is -2.08. The molecule has 6 heteroatoms. The van der Waals surface area contributed by atoms with Crippen LogP contribution >= 0.6 is 0 Å². The van der Waals surface area contributed by atoms with Crippen LogP contribution in [-0.2, 0) is 0 Å². The quantitative estimate of drug-likeness (QED) is 0.677. The van der Waals surface area contributed by atoms with Gasteiger partial charge in [-0.25, -0.2) is 0 Å². The highest BCUT2D eigenvalue weighted by Crippen LogP contribution is 2.13. The summed E-state index contributed by atoms with van der Waals surface area (Å²) in [4.78, 5) is 24.1. The van der Waals surface area contributed by atoms with Crippen molar-refractivity contribution in [2.75, 3.05) is 27.3 Å². The molecule has 0 aliphatic carbocycles. The Bertz CT molecular complexity index is 683. The van der Waals surface area contributed by atoms with Crippen LogP contribution in [0, 0.1) is 0 Å². The first kappa shape index (κ1) is 19.3. The third-order valence-electron chi connectivity index (χ3n) is 3.84. The Hall–Kier alpha value is -3.02. The normalized spacial score (nSPS) is 10.1. The van der Waals surface area contributed by atoms with Gasteiger partial charge in [0.1, 0.15) is 11.5 Å². The Morgan fingerprint density at radius 1 is 0.769 bits per heavy atom. The SMILES string of the molecule is COc1cccc(C(=O)NCCCCNC(=O)c2cccc(OC)c2)c1. The van der Waals surface area contributed by atoms with Gasteiger partial charge in [-0.15, -0.1) is 0 Å². The third-order valence-corrected chi connectivity index (χ3v) is 3.84. The summed E-state index contributed by atoms with van der Waals surface area (Å²) in [6, 6.07) is 14.0. The summed E-state index contributed by atoms with van der Waals surface area (Å²) < 4.78 is 10.2. The maximum atomic E-state index is 12.1. The fourth-order valence-corrected chi connectivity index (χ4v) is 2.39. The zero-order valence-corrected chi connectivity index (χ0v) is 15.1. The van der Waals surface area contributed by atoms with Gasteiger partial charge in [-0.1, -0.05) is 12.1 Å². The van der Waals surface area contributed by atoms with Crippen LogP contribution < -0.4 is 20.1 Å². The predicted octanol–water partition coefficient (Wildman–Crippen LogP) is 2.64. The first-order chi connectivity index (χ1) is 12.6. The predicted molar refractivity (Wildman–Crippen MR) is 99.9 cm³/mol. The highest BCUT2D eigenvalue weighted by molar-refractivity contribution is 5.95. The van der Waals surface area contributed by atoms with Crippen molar-refractivity contribution >= 4 is 11.8 Å². The standard InChI is InChI=1S/C20H24N2O4/c1-25-17-9-5-7-15(13-17)19(23)21-11-3-4-12-22-20(24)16-8-6-10-18(14-16)26-2/h5-10,13-14H,3-4,11-12H2,1-2H3,(H,21,23)(H,22,24). The minimum absolute atomic E-state index is 0.135. The summed E-state index contributed by atoms with van der Waals surface area (Å²) in [5.41, 5.74) is 1.13. The van der Waals surface area contributed by atoms with Crippen molar-refractivity contribution in [2.45, 2.75) is 12.8 Å². The lowest BCUT2D eigenvalue weighted by atomic mass is 10.2. The number of carbonyl (C=O) groups excluding carboxylic acids is 2. The molecule has 2 aromatic rings. The highest BCUT2D eigenvalue weighted by atomic mass is 16.5. The van der Waals surface area contributed by atoms with E-state index in [2.05, 4.69) is 10.6 Å². The Balaban J connectivity index is 1.65. The van der Waals surface area contributed by atoms with Crippen molar-refractivity contribution in [3.63, 3.8) is 0 Å². The summed E-state index contributed by atoms with van der Waals surface area (Å²) in [5, 5.41) is 5.72. The van der Waals surface area contributed by atoms with Crippen LogP contribution in [0.3, 0.4) is 0 Å². The molecule has 0 bridgehead atoms. The molecular weight excluding hydrogens is 332 g/mol. The van der Waals surface area contributed by atoms with Crippen molar-refractivity contribution in [1.82, 2.24) is 10.6 Å². The van der Waals surface area contributed by atoms with Gasteiger partial charge in [0.05, 0.1) is 14.2 Å². The molecule has 0 fully saturated rings. The van der Waals surface area contributed by atoms with Crippen LogP contribution in [0.1, 0.15) is 33.6 Å². The van der Waals surface area contributed by atoms with Crippen molar-refractivity contribution in [3.8, 4) is 11.5 Å². The highest BCUT2D eigenvalue weighted by Gasteiger charge is 2.07. The second-order valence-corrected chi connectivity index (χ2v) is 5.68. The number of hydrogen-bond donors (Lipinski definition) is 2. The molecule has 2 N–H and O–H groups in total. The lowest BCUT2D eigenvalue weighted by molar-refractivity contribution is 0.0939. The van der Waals surface area contributed by atoms with Gasteiger partial charge >= 0.3 is 0 Å². The molecule has 0 saturated carbocycles. The van der Waals surface area contributed by atoms with Gasteiger partial charge in [-0.05, 0) is 49.2 Å². The number of hydrogen-bond acceptors (Lipinski definition) is 4. The van der Waals surface area contributed by atoms with Gasteiger partial charge in [0.25, 0.3) is 11.8 Å². The van der Waals surface area contributed by atoms with Crippen molar-refractivity contribution in [1.29, 1.82) is 0 Å². The Morgan fingerprint density at radius 3 is 1.58 bits per heavy atom. The van der Waals surface area contributed by atoms with Crippen LogP contribution in [0.2, 0.25) is 0 Å². The molecule has 0 aliphatic rings. The van der Waals surface area contributed by atoms with Gasteiger partial charge in [0.2, 0.25) is 0 Å². The molecule has 2 amide bonds. The van der Waals surface area contributed by atoms with E-state index in [4.69, 9.17) is 9.47 Å². The summed E-state index contributed by atoms with van der Waals surface area (Å²) in [6.07, 6.45) is 1.54. The van der Waals surface area contributed by atoms with E-state index >= 15 is 0 Å². The van der Waals surface area contributed by atoms with Crippen molar-refractivity contribution in [3.05, 3.63) is 59.7 Å². The molecular formula is C20H24N2O4. The topological polar surface area (TPSA) is 76.7 Å². The molecule has 6 nitrogen and oxygen atoms in total. The number of nitrogens with one attached hydrogen (secondary N) is 2. The third kappa shape index (κ3) is 5.81. The average Bonchev–Trinajstić information content (AvgIpc) is 2.70. The maximum Gasteiger partial charge on any atom is 0.251 e. The summed E-state index contributed by atoms with van der Waals surface area (Å²) in [5.74, 6) is 1.03. The smallest absolute Gasteiger partial charge is 0.251 e. The Labute approximate surface area is 153 Å². The van der Waals surface area contributed by atoms with E-state index < -0.39 is 0 Å². The summed E-state index contributed by atoms with van der Waals surface area (Å²) in [7, 11) is 3.13. The van der Waals surface area contributed by atoms with Crippen molar-refractivity contribution in [2.24, 2.45) is 0 Å². The lowest BCUT2D eigenvalue weighted by Crippen LogP contribution is -2.27. The van der Waals surface area contributed by atoms with Gasteiger partial charge < -0.3 is 20.1 Å². The Morgan fingerprint density at radius 2 is 1.19 bits per heavy atom. The van der Waals surface area contributed by atoms with E-state index in [1.165, 1.54) is 0 Å². The molecule has 138 valence electrons. The first-order valence-corrected chi connectivity index (χ1v) is 8.48. The van der Waals surface area contributed by atoms with Crippen LogP contribution in [0.15, 0.2) is 48.5 Å². The van der Waals surface area contributed by atoms with E-state index in [1.54, 1.807) is 62.8 Å². The first-order valence-electron chi connectivity index (χ1n) is 8.48. The molecule has 0 aromatic heterocycles. The van der Waals surface area contributed by atoms with E-state index in [-0.39, 0.29) is 11.8 Å². The molecule has 0 atom stereocenters. The minimum Gasteiger partial charge on any atom is -0.497 e. The van der Waals surface area contributed by atoms with Crippen molar-refractivity contribution < 1.29 is 19.1 Å². The molecule has 26 heavy (non-hydrogen) atoms. The second kappa shape index (κ2) is 10.1. The number of ether oxygens (including phenoxy) is 2. The van der Waals surface area contributed by atoms with Gasteiger partial charge in [0, 0.05) is 24.2 Å². The number of benzene rings is 2. The van der Waals surface area contributed by atoms with Gasteiger partial charge in [-0.2, -0.15) is 0 Å². The molecule has 0 unspecified atom stereocenters. The molecule has 0 saturated heterocycles. The van der Waals surface area contributed by atoms with Crippen LogP contribution in [0.25, 0.3) is 0 Å². The molecule has 0 heterocycles. The number of methoxy groups -OCH3 is 2. The molecule has 0 spiro atoms. The number of unbranched alkanes of at least 4 members (excludes halogenated alkanes) is 1. The average molecular weight is 356 g/mol. The van der Waals surface area contributed by atoms with Gasteiger partial charge in [0.15, 0.2) is 0 Å². The van der Waals surface area contributed by atoms with Crippen LogP contribution in [0.4, 0.5) is 0 Å². The van der Waals surface area contributed by atoms with E-state index in [1.807, 2.05) is 0 Å². The number of amides is 2. The Kier molecular flexibility index (Phi) is 7.49. The van der Waals surface area contributed by atoms with Crippen LogP contribution in [-0.4, -0.2) is 39.1 Å². The molecule has 0 radical (unpaired) electrons. The fourth-order valence-electron chi connectivity index (χ4n) is 2.39. The molecule has 2 aromatic carbocycles. The van der Waals surface area contributed by atoms with Gasteiger partial charge in [-0.3, -0.25) is 9.59 Å². The number of rotatable bonds is 9. The monoisotopic (exact) mass is 356 g/mol. The van der Waals surface area contributed by atoms with E-state index in [0.717, 1.165) is 12.8 Å². The zero-order chi connectivity index (χ0) is 18.8. The minimum atomic E-state index is -0.135. The second-order valence-electron chi connectivity index (χ2n) is 5.68. The molecule has 2 rings (SSSR count). The van der Waals surface area contributed by atoms with Crippen LogP contribution in [0.5, 0.6) is 11.5 Å². The summed E-state index contributed by atoms with van der Waals surface area (Å²) in [6.45, 7) is 1.09.